The van der Waals surface area contributed by atoms with Gasteiger partial charge in [0.1, 0.15) is 11.6 Å². The fourth-order valence-electron chi connectivity index (χ4n) is 1.98. The van der Waals surface area contributed by atoms with Crippen molar-refractivity contribution in [2.75, 3.05) is 12.9 Å². The molecule has 0 amide bonds. The van der Waals surface area contributed by atoms with Gasteiger partial charge in [-0.3, -0.25) is 0 Å². The molecule has 0 saturated carbocycles. The number of nitrogens with two attached hydrogens (primary N) is 1. The summed E-state index contributed by atoms with van der Waals surface area (Å²) in [5.41, 5.74) is 7.27. The molecule has 1 unspecified atom stereocenters. The third-order valence-electron chi connectivity index (χ3n) is 3.00. The summed E-state index contributed by atoms with van der Waals surface area (Å²) in [6.45, 7) is 0. The minimum absolute atomic E-state index is 0.00301. The molecule has 1 atom stereocenters. The number of hydrogen-bond donors (Lipinski definition) is 1. The topological polar surface area (TPSA) is 35.2 Å². The van der Waals surface area contributed by atoms with Crippen LogP contribution in [0, 0.1) is 5.82 Å². The van der Waals surface area contributed by atoms with Crippen molar-refractivity contribution in [2.24, 2.45) is 5.73 Å². The Kier molecular flexibility index (Phi) is 6.08. The van der Waals surface area contributed by atoms with Crippen LogP contribution in [0.5, 0.6) is 5.75 Å². The first-order chi connectivity index (χ1) is 10.1. The van der Waals surface area contributed by atoms with Gasteiger partial charge in [0.2, 0.25) is 0 Å². The van der Waals surface area contributed by atoms with Crippen molar-refractivity contribution in [2.45, 2.75) is 17.4 Å². The highest BCUT2D eigenvalue weighted by Gasteiger charge is 2.10. The number of ether oxygens (including phenoxy) is 1. The maximum Gasteiger partial charge on any atom is 0.123 e. The number of halogens is 2. The predicted molar refractivity (Wildman–Crippen MR) is 89.5 cm³/mol. The van der Waals surface area contributed by atoms with Gasteiger partial charge in [-0.15, -0.1) is 11.8 Å². The largest absolute Gasteiger partial charge is 0.496 e. The zero-order chi connectivity index (χ0) is 15.2. The summed E-state index contributed by atoms with van der Waals surface area (Å²) in [6, 6.07) is 12.4. The Morgan fingerprint density at radius 3 is 2.62 bits per heavy atom. The Hall–Kier alpha value is -1.04. The van der Waals surface area contributed by atoms with E-state index in [0.29, 0.717) is 0 Å². The molecule has 21 heavy (non-hydrogen) atoms. The van der Waals surface area contributed by atoms with Crippen LogP contribution < -0.4 is 10.5 Å². The van der Waals surface area contributed by atoms with Gasteiger partial charge in [0, 0.05) is 21.2 Å². The standard InChI is InChI=1S/C16H17BrFNOS/c1-20-16-7-2-12(17)8-11(16)9-14(19)10-21-15-5-3-13(18)4-6-15/h2-8,14H,9-10,19H2,1H3. The van der Waals surface area contributed by atoms with Crippen molar-refractivity contribution in [1.29, 1.82) is 0 Å². The van der Waals surface area contributed by atoms with Gasteiger partial charge >= 0.3 is 0 Å². The fourth-order valence-corrected chi connectivity index (χ4v) is 3.24. The van der Waals surface area contributed by atoms with Gasteiger partial charge in [-0.25, -0.2) is 4.39 Å². The molecule has 0 saturated heterocycles. The van der Waals surface area contributed by atoms with Crippen molar-refractivity contribution >= 4 is 27.7 Å². The molecular weight excluding hydrogens is 353 g/mol. The van der Waals surface area contributed by atoms with E-state index in [-0.39, 0.29) is 11.9 Å². The van der Waals surface area contributed by atoms with E-state index in [1.807, 2.05) is 18.2 Å². The third-order valence-corrected chi connectivity index (χ3v) is 4.70. The Bertz CT molecular complexity index is 591. The Balaban J connectivity index is 1.94. The summed E-state index contributed by atoms with van der Waals surface area (Å²) < 4.78 is 19.2. The predicted octanol–water partition coefficient (Wildman–Crippen LogP) is 4.26. The molecule has 0 spiro atoms. The minimum Gasteiger partial charge on any atom is -0.496 e. The first-order valence-electron chi connectivity index (χ1n) is 6.55. The summed E-state index contributed by atoms with van der Waals surface area (Å²) >= 11 is 5.09. The molecule has 0 aliphatic heterocycles. The van der Waals surface area contributed by atoms with E-state index >= 15 is 0 Å². The van der Waals surface area contributed by atoms with Crippen molar-refractivity contribution < 1.29 is 9.13 Å². The van der Waals surface area contributed by atoms with Crippen molar-refractivity contribution in [3.05, 3.63) is 58.3 Å². The SMILES string of the molecule is COc1ccc(Br)cc1CC(N)CSc1ccc(F)cc1. The quantitative estimate of drug-likeness (QED) is 0.772. The minimum atomic E-state index is -0.220. The molecule has 0 bridgehead atoms. The molecule has 0 radical (unpaired) electrons. The molecule has 112 valence electrons. The fraction of sp³-hybridized carbons (Fsp3) is 0.250. The highest BCUT2D eigenvalue weighted by Crippen LogP contribution is 2.25. The second-order valence-electron chi connectivity index (χ2n) is 4.69. The maximum absolute atomic E-state index is 12.8. The van der Waals surface area contributed by atoms with Gasteiger partial charge in [-0.2, -0.15) is 0 Å². The number of benzene rings is 2. The summed E-state index contributed by atoms with van der Waals surface area (Å²) in [4.78, 5) is 1.02. The lowest BCUT2D eigenvalue weighted by Crippen LogP contribution is -2.25. The van der Waals surface area contributed by atoms with Gasteiger partial charge in [0.05, 0.1) is 7.11 Å². The molecule has 0 aromatic heterocycles. The highest BCUT2D eigenvalue weighted by atomic mass is 79.9. The van der Waals surface area contributed by atoms with Crippen molar-refractivity contribution in [3.63, 3.8) is 0 Å². The number of methoxy groups -OCH3 is 1. The van der Waals surface area contributed by atoms with Crippen LogP contribution in [0.3, 0.4) is 0 Å². The molecule has 2 N–H and O–H groups in total. The average molecular weight is 370 g/mol. The highest BCUT2D eigenvalue weighted by molar-refractivity contribution is 9.10. The van der Waals surface area contributed by atoms with Crippen molar-refractivity contribution in [3.8, 4) is 5.75 Å². The van der Waals surface area contributed by atoms with E-state index < -0.39 is 0 Å². The van der Waals surface area contributed by atoms with Crippen LogP contribution in [-0.4, -0.2) is 18.9 Å². The van der Waals surface area contributed by atoms with Crippen LogP contribution in [0.25, 0.3) is 0 Å². The van der Waals surface area contributed by atoms with Crippen LogP contribution in [0.15, 0.2) is 51.8 Å². The van der Waals surface area contributed by atoms with Gasteiger partial charge in [-0.05, 0) is 54.4 Å². The molecule has 5 heteroatoms. The van der Waals surface area contributed by atoms with Crippen LogP contribution in [0.1, 0.15) is 5.56 Å². The molecule has 2 rings (SSSR count). The van der Waals surface area contributed by atoms with Gasteiger partial charge in [0.25, 0.3) is 0 Å². The van der Waals surface area contributed by atoms with E-state index in [4.69, 9.17) is 10.5 Å². The zero-order valence-corrected chi connectivity index (χ0v) is 14.1. The van der Waals surface area contributed by atoms with E-state index in [0.717, 1.165) is 32.9 Å². The van der Waals surface area contributed by atoms with Gasteiger partial charge in [-0.1, -0.05) is 15.9 Å². The van der Waals surface area contributed by atoms with Gasteiger partial charge < -0.3 is 10.5 Å². The normalized spacial score (nSPS) is 12.2. The van der Waals surface area contributed by atoms with Crippen LogP contribution in [0.4, 0.5) is 4.39 Å². The molecule has 2 nitrogen and oxygen atoms in total. The summed E-state index contributed by atoms with van der Waals surface area (Å²) in [7, 11) is 1.66. The van der Waals surface area contributed by atoms with Crippen LogP contribution in [-0.2, 0) is 6.42 Å². The third kappa shape index (κ3) is 5.02. The molecule has 0 heterocycles. The number of rotatable bonds is 6. The smallest absolute Gasteiger partial charge is 0.123 e. The lowest BCUT2D eigenvalue weighted by Gasteiger charge is -2.14. The summed E-state index contributed by atoms with van der Waals surface area (Å²) in [5.74, 6) is 1.39. The summed E-state index contributed by atoms with van der Waals surface area (Å²) in [5, 5.41) is 0. The first-order valence-corrected chi connectivity index (χ1v) is 8.32. The molecule has 0 aliphatic rings. The Labute approximate surface area is 137 Å². The number of hydrogen-bond acceptors (Lipinski definition) is 3. The van der Waals surface area contributed by atoms with Gasteiger partial charge in [0.15, 0.2) is 0 Å². The molecule has 2 aromatic rings. The van der Waals surface area contributed by atoms with E-state index in [9.17, 15) is 4.39 Å². The van der Waals surface area contributed by atoms with E-state index in [2.05, 4.69) is 15.9 Å². The average Bonchev–Trinajstić information content (AvgIpc) is 2.47. The second-order valence-corrected chi connectivity index (χ2v) is 6.69. The Morgan fingerprint density at radius 2 is 1.95 bits per heavy atom. The maximum atomic E-state index is 12.8. The van der Waals surface area contributed by atoms with Crippen molar-refractivity contribution in [1.82, 2.24) is 0 Å². The lowest BCUT2D eigenvalue weighted by molar-refractivity contribution is 0.408. The molecule has 0 fully saturated rings. The zero-order valence-electron chi connectivity index (χ0n) is 11.7. The summed E-state index contributed by atoms with van der Waals surface area (Å²) in [6.07, 6.45) is 0.733. The first kappa shape index (κ1) is 16.3. The lowest BCUT2D eigenvalue weighted by atomic mass is 10.1. The Morgan fingerprint density at radius 1 is 1.24 bits per heavy atom. The molecular formula is C16H17BrFNOS. The van der Waals surface area contributed by atoms with Crippen LogP contribution in [0.2, 0.25) is 0 Å². The second kappa shape index (κ2) is 7.82. The molecule has 2 aromatic carbocycles. The number of thioether (sulfide) groups is 1. The van der Waals surface area contributed by atoms with E-state index in [1.165, 1.54) is 12.1 Å². The molecule has 0 aliphatic carbocycles. The van der Waals surface area contributed by atoms with Crippen LogP contribution >= 0.6 is 27.7 Å². The monoisotopic (exact) mass is 369 g/mol. The van der Waals surface area contributed by atoms with E-state index in [1.54, 1.807) is 31.0 Å².